The number of aromatic nitrogens is 2. The molecule has 4 aliphatic carbocycles. The van der Waals surface area contributed by atoms with E-state index in [4.69, 9.17) is 4.74 Å². The lowest BCUT2D eigenvalue weighted by atomic mass is 9.52. The van der Waals surface area contributed by atoms with E-state index in [0.29, 0.717) is 36.6 Å². The molecule has 4 fully saturated rings. The van der Waals surface area contributed by atoms with E-state index < -0.39 is 11.4 Å². The van der Waals surface area contributed by atoms with Gasteiger partial charge in [-0.2, -0.15) is 0 Å². The largest absolute Gasteiger partial charge is 0.424 e. The van der Waals surface area contributed by atoms with Gasteiger partial charge in [0.25, 0.3) is 0 Å². The molecule has 38 heavy (non-hydrogen) atoms. The number of halogens is 1. The summed E-state index contributed by atoms with van der Waals surface area (Å²) in [5.74, 6) is 1.37. The van der Waals surface area contributed by atoms with Crippen molar-refractivity contribution in [2.24, 2.45) is 17.8 Å². The molecule has 2 amide bonds. The fraction of sp³-hybridized carbons (Fsp3) is 0.414. The molecule has 0 spiro atoms. The lowest BCUT2D eigenvalue weighted by molar-refractivity contribution is -0.136. The van der Waals surface area contributed by atoms with Crippen molar-refractivity contribution in [3.8, 4) is 11.8 Å². The van der Waals surface area contributed by atoms with Crippen LogP contribution in [0.15, 0.2) is 60.9 Å². The molecule has 8 rings (SSSR count). The number of amides is 2. The van der Waals surface area contributed by atoms with Gasteiger partial charge in [0.05, 0.1) is 29.4 Å². The van der Waals surface area contributed by atoms with Crippen molar-refractivity contribution in [3.63, 3.8) is 0 Å². The molecule has 3 unspecified atom stereocenters. The van der Waals surface area contributed by atoms with Crippen molar-refractivity contribution >= 4 is 23.1 Å². The molecule has 1 aromatic heterocycles. The molecule has 1 aliphatic heterocycles. The first kappa shape index (κ1) is 23.4. The van der Waals surface area contributed by atoms with Gasteiger partial charge in [-0.3, -0.25) is 4.90 Å². The number of anilines is 3. The number of aliphatic hydroxyl groups is 1. The molecule has 9 heteroatoms. The third kappa shape index (κ3) is 4.15. The smallest absolute Gasteiger partial charge is 0.322 e. The highest BCUT2D eigenvalue weighted by molar-refractivity contribution is 5.98. The Labute approximate surface area is 220 Å². The van der Waals surface area contributed by atoms with Crippen molar-refractivity contribution in [2.45, 2.75) is 43.7 Å². The van der Waals surface area contributed by atoms with Crippen molar-refractivity contribution in [3.05, 3.63) is 66.7 Å². The van der Waals surface area contributed by atoms with Crippen molar-refractivity contribution < 1.29 is 19.0 Å². The molecule has 2 aromatic carbocycles. The summed E-state index contributed by atoms with van der Waals surface area (Å²) >= 11 is 0. The van der Waals surface area contributed by atoms with E-state index in [9.17, 15) is 14.3 Å². The molecule has 3 aromatic rings. The minimum Gasteiger partial charge on any atom is -0.424 e. The second kappa shape index (κ2) is 8.94. The van der Waals surface area contributed by atoms with Gasteiger partial charge in [0, 0.05) is 24.8 Å². The van der Waals surface area contributed by atoms with Gasteiger partial charge in [-0.25, -0.2) is 19.2 Å². The molecule has 0 saturated heterocycles. The number of nitrogens with zero attached hydrogens (tertiary/aromatic N) is 4. The van der Waals surface area contributed by atoms with Gasteiger partial charge in [0.1, 0.15) is 5.75 Å². The van der Waals surface area contributed by atoms with Crippen LogP contribution < -0.4 is 19.9 Å². The summed E-state index contributed by atoms with van der Waals surface area (Å²) in [4.78, 5) is 25.3. The first-order valence-electron chi connectivity index (χ1n) is 13.4. The predicted octanol–water partition coefficient (Wildman–Crippen LogP) is 5.02. The summed E-state index contributed by atoms with van der Waals surface area (Å²) in [5, 5.41) is 14.3. The highest BCUT2D eigenvalue weighted by atomic mass is 19.1. The maximum atomic E-state index is 13.6. The molecule has 4 saturated carbocycles. The molecular weight excluding hydrogens is 485 g/mol. The Hall–Kier alpha value is -3.72. The Bertz CT molecular complexity index is 1340. The van der Waals surface area contributed by atoms with Crippen LogP contribution in [-0.4, -0.2) is 45.8 Å². The van der Waals surface area contributed by atoms with Crippen molar-refractivity contribution in [1.29, 1.82) is 0 Å². The monoisotopic (exact) mass is 515 g/mol. The average molecular weight is 516 g/mol. The molecule has 5 atom stereocenters. The van der Waals surface area contributed by atoms with E-state index in [-0.39, 0.29) is 18.1 Å². The third-order valence-electron chi connectivity index (χ3n) is 8.74. The van der Waals surface area contributed by atoms with Crippen LogP contribution in [0, 0.1) is 23.6 Å². The van der Waals surface area contributed by atoms with Gasteiger partial charge in [-0.05, 0) is 86.3 Å². The molecule has 2 N–H and O–H groups in total. The number of fused-ring (bicyclic) bond motifs is 1. The van der Waals surface area contributed by atoms with Gasteiger partial charge in [-0.1, -0.05) is 12.1 Å². The maximum absolute atomic E-state index is 13.6. The van der Waals surface area contributed by atoms with Crippen molar-refractivity contribution in [1.82, 2.24) is 15.3 Å². The summed E-state index contributed by atoms with van der Waals surface area (Å²) < 4.78 is 18.7. The summed E-state index contributed by atoms with van der Waals surface area (Å²) in [7, 11) is 0. The number of hydrogen-bond acceptors (Lipinski definition) is 6. The van der Waals surface area contributed by atoms with Gasteiger partial charge in [0.2, 0.25) is 0 Å². The minimum absolute atomic E-state index is 0.0513. The number of urea groups is 1. The third-order valence-corrected chi connectivity index (χ3v) is 8.74. The highest BCUT2D eigenvalue weighted by Gasteiger charge is 2.55. The number of para-hydroxylation sites is 2. The molecule has 0 radical (unpaired) electrons. The summed E-state index contributed by atoms with van der Waals surface area (Å²) in [6.07, 6.45) is 6.90. The van der Waals surface area contributed by atoms with Gasteiger partial charge < -0.3 is 20.1 Å². The normalized spacial score (nSPS) is 29.2. The van der Waals surface area contributed by atoms with Crippen LogP contribution in [0.4, 0.5) is 26.2 Å². The number of carbonyl (C=O) groups is 1. The molecular formula is C29H30FN5O3. The Morgan fingerprint density at radius 3 is 2.34 bits per heavy atom. The summed E-state index contributed by atoms with van der Waals surface area (Å²) in [6.45, 7) is 1.20. The van der Waals surface area contributed by atoms with Crippen LogP contribution in [0.2, 0.25) is 0 Å². The Kier molecular flexibility index (Phi) is 5.51. The molecule has 4 bridgehead atoms. The second-order valence-corrected chi connectivity index (χ2v) is 11.2. The Morgan fingerprint density at radius 2 is 1.66 bits per heavy atom. The van der Waals surface area contributed by atoms with E-state index in [0.717, 1.165) is 61.6 Å². The van der Waals surface area contributed by atoms with Crippen LogP contribution in [-0.2, 0) is 0 Å². The molecule has 2 heterocycles. The van der Waals surface area contributed by atoms with E-state index in [2.05, 4.69) is 20.2 Å². The zero-order chi connectivity index (χ0) is 25.9. The zero-order valence-electron chi connectivity index (χ0n) is 21.0. The van der Waals surface area contributed by atoms with E-state index >= 15 is 0 Å². The van der Waals surface area contributed by atoms with E-state index in [1.807, 2.05) is 53.4 Å². The number of carbonyl (C=O) groups excluding carboxylic acids is 1. The van der Waals surface area contributed by atoms with Crippen LogP contribution in [0.1, 0.15) is 32.1 Å². The van der Waals surface area contributed by atoms with E-state index in [1.54, 1.807) is 0 Å². The highest BCUT2D eigenvalue weighted by Crippen LogP contribution is 2.55. The fourth-order valence-electron chi connectivity index (χ4n) is 7.43. The number of nitrogens with one attached hydrogen (secondary N) is 1. The van der Waals surface area contributed by atoms with E-state index in [1.165, 1.54) is 0 Å². The second-order valence-electron chi connectivity index (χ2n) is 11.2. The van der Waals surface area contributed by atoms with Crippen molar-refractivity contribution in [2.75, 3.05) is 22.9 Å². The predicted molar refractivity (Wildman–Crippen MR) is 140 cm³/mol. The van der Waals surface area contributed by atoms with Gasteiger partial charge in [-0.15, -0.1) is 0 Å². The number of rotatable bonds is 4. The lowest BCUT2D eigenvalue weighted by Crippen LogP contribution is -2.63. The Morgan fingerprint density at radius 1 is 0.974 bits per heavy atom. The zero-order valence-corrected chi connectivity index (χ0v) is 21.0. The Balaban J connectivity index is 1.07. The summed E-state index contributed by atoms with van der Waals surface area (Å²) in [6, 6.07) is 15.7. The topological polar surface area (TPSA) is 90.8 Å². The molecule has 196 valence electrons. The van der Waals surface area contributed by atoms with Gasteiger partial charge >= 0.3 is 12.0 Å². The molecule has 5 aliphatic rings. The maximum Gasteiger partial charge on any atom is 0.322 e. The number of hydrogen-bond donors (Lipinski definition) is 2. The van der Waals surface area contributed by atoms with Crippen LogP contribution in [0.25, 0.3) is 0 Å². The van der Waals surface area contributed by atoms with Crippen LogP contribution >= 0.6 is 0 Å². The minimum atomic E-state index is -0.518. The first-order chi connectivity index (χ1) is 18.4. The standard InChI is InChI=1S/C29H30FN5O3/c30-21-16-31-27(32-17-21)38-23-7-5-22(6-8-23)34-9-10-35(25-4-2-1-3-24(25)34)28(36)33-26-19-11-18-12-20(26)15-29(37,13-18)14-19/h1-8,16-20,26,37H,9-15H2,(H,33,36)/t18?,19-,20+,26?,29?. The quantitative estimate of drug-likeness (QED) is 0.507. The first-order valence-corrected chi connectivity index (χ1v) is 13.4. The summed E-state index contributed by atoms with van der Waals surface area (Å²) in [5.41, 5.74) is 2.30. The number of benzene rings is 2. The van der Waals surface area contributed by atoms with Crippen LogP contribution in [0.5, 0.6) is 11.8 Å². The number of ether oxygens (including phenoxy) is 1. The lowest BCUT2D eigenvalue weighted by Gasteiger charge is -2.58. The average Bonchev–Trinajstić information content (AvgIpc) is 2.91. The molecule has 8 nitrogen and oxygen atoms in total. The van der Waals surface area contributed by atoms with Gasteiger partial charge in [0.15, 0.2) is 5.82 Å². The van der Waals surface area contributed by atoms with Crippen LogP contribution in [0.3, 0.4) is 0 Å². The SMILES string of the molecule is O=C(NC1[C@@H]2CC3C[C@H]1CC(O)(C3)C2)N1CCN(c2ccc(Oc3ncc(F)cn3)cc2)c2ccccc21. The fourth-order valence-corrected chi connectivity index (χ4v) is 7.43.